The van der Waals surface area contributed by atoms with Gasteiger partial charge < -0.3 is 10.6 Å². The summed E-state index contributed by atoms with van der Waals surface area (Å²) in [6, 6.07) is 24.6. The summed E-state index contributed by atoms with van der Waals surface area (Å²) in [6.45, 7) is 0. The molecule has 3 aromatic carbocycles. The van der Waals surface area contributed by atoms with Crippen LogP contribution in [-0.4, -0.2) is 23.5 Å². The van der Waals surface area contributed by atoms with Crippen molar-refractivity contribution in [2.75, 3.05) is 5.32 Å². The molecule has 3 aromatic rings. The number of carbonyl (C=O) groups is 3. The van der Waals surface area contributed by atoms with Crippen LogP contribution in [0.15, 0.2) is 96.7 Å². The Hall–Kier alpha value is -3.99. The summed E-state index contributed by atoms with van der Waals surface area (Å²) >= 11 is 0. The molecule has 0 unspecified atom stereocenters. The summed E-state index contributed by atoms with van der Waals surface area (Å²) in [5.41, 5.74) is 2.44. The smallest absolute Gasteiger partial charge is 0.247 e. The molecule has 1 amide bonds. The Bertz CT molecular complexity index is 1120. The van der Waals surface area contributed by atoms with Crippen molar-refractivity contribution >= 4 is 23.2 Å². The number of hydrogen-bond donors (Lipinski definition) is 2. The number of Topliss-reactive ketones (excluding diaryl/α,β-unsaturated/α-hetero) is 1. The van der Waals surface area contributed by atoms with E-state index < -0.39 is 6.04 Å². The second-order valence-corrected chi connectivity index (χ2v) is 7.04. The van der Waals surface area contributed by atoms with E-state index in [-0.39, 0.29) is 23.2 Å². The number of nitrogens with one attached hydrogen (secondary N) is 2. The molecule has 4 rings (SSSR count). The van der Waals surface area contributed by atoms with E-state index in [4.69, 9.17) is 0 Å². The number of allylic oxidation sites excluding steroid dienone is 2. The van der Waals surface area contributed by atoms with Gasteiger partial charge in [0.05, 0.1) is 5.70 Å². The fourth-order valence-electron chi connectivity index (χ4n) is 3.42. The van der Waals surface area contributed by atoms with E-state index in [1.807, 2.05) is 48.5 Å². The first-order chi connectivity index (χ1) is 14.6. The Kier molecular flexibility index (Phi) is 5.52. The Morgan fingerprint density at radius 2 is 1.37 bits per heavy atom. The molecule has 148 valence electrons. The van der Waals surface area contributed by atoms with Crippen LogP contribution in [0.25, 0.3) is 0 Å². The molecule has 1 aliphatic carbocycles. The van der Waals surface area contributed by atoms with E-state index in [1.165, 1.54) is 6.08 Å². The highest BCUT2D eigenvalue weighted by Crippen LogP contribution is 2.21. The number of fused-ring (bicyclic) bond motifs is 1. The molecule has 5 heteroatoms. The number of amides is 1. The maximum Gasteiger partial charge on any atom is 0.247 e. The van der Waals surface area contributed by atoms with Crippen LogP contribution in [0.5, 0.6) is 0 Å². The van der Waals surface area contributed by atoms with Crippen molar-refractivity contribution in [3.05, 3.63) is 113 Å². The van der Waals surface area contributed by atoms with Crippen molar-refractivity contribution in [3.63, 3.8) is 0 Å². The van der Waals surface area contributed by atoms with Crippen LogP contribution in [0.4, 0.5) is 5.69 Å². The quantitative estimate of drug-likeness (QED) is 0.665. The number of anilines is 1. The summed E-state index contributed by atoms with van der Waals surface area (Å²) in [5, 5.41) is 5.90. The van der Waals surface area contributed by atoms with Crippen LogP contribution >= 0.6 is 0 Å². The molecule has 0 saturated carbocycles. The Morgan fingerprint density at radius 1 is 0.767 bits per heavy atom. The molecule has 0 aromatic heterocycles. The van der Waals surface area contributed by atoms with E-state index in [0.29, 0.717) is 23.2 Å². The molecule has 1 atom stereocenters. The highest BCUT2D eigenvalue weighted by Gasteiger charge is 2.29. The van der Waals surface area contributed by atoms with Crippen molar-refractivity contribution in [2.45, 2.75) is 12.5 Å². The van der Waals surface area contributed by atoms with E-state index in [1.54, 1.807) is 36.4 Å². The van der Waals surface area contributed by atoms with E-state index in [2.05, 4.69) is 10.6 Å². The SMILES string of the molecule is O=C1C=C(N[C@H](Cc2ccccc2)C(=O)Nc2ccccc2)C(=O)c2ccccc21. The fourth-order valence-corrected chi connectivity index (χ4v) is 3.42. The summed E-state index contributed by atoms with van der Waals surface area (Å²) in [6.07, 6.45) is 1.64. The van der Waals surface area contributed by atoms with Gasteiger partial charge in [-0.15, -0.1) is 0 Å². The Balaban J connectivity index is 1.60. The van der Waals surface area contributed by atoms with Gasteiger partial charge in [-0.25, -0.2) is 0 Å². The zero-order chi connectivity index (χ0) is 20.9. The third-order valence-electron chi connectivity index (χ3n) is 4.93. The van der Waals surface area contributed by atoms with Crippen LogP contribution < -0.4 is 10.6 Å². The molecular formula is C25H20N2O3. The minimum atomic E-state index is -0.735. The lowest BCUT2D eigenvalue weighted by molar-refractivity contribution is -0.117. The number of carbonyl (C=O) groups excluding carboxylic acids is 3. The zero-order valence-corrected chi connectivity index (χ0v) is 16.2. The molecule has 30 heavy (non-hydrogen) atoms. The molecule has 0 heterocycles. The van der Waals surface area contributed by atoms with Gasteiger partial charge in [0.1, 0.15) is 6.04 Å². The third kappa shape index (κ3) is 4.20. The molecule has 0 radical (unpaired) electrons. The molecule has 0 fully saturated rings. The summed E-state index contributed by atoms with van der Waals surface area (Å²) in [7, 11) is 0. The first kappa shape index (κ1) is 19.3. The van der Waals surface area contributed by atoms with Crippen LogP contribution in [0.3, 0.4) is 0 Å². The van der Waals surface area contributed by atoms with Crippen molar-refractivity contribution < 1.29 is 14.4 Å². The molecule has 2 N–H and O–H groups in total. The van der Waals surface area contributed by atoms with Crippen molar-refractivity contribution in [3.8, 4) is 0 Å². The van der Waals surface area contributed by atoms with Crippen molar-refractivity contribution in [2.24, 2.45) is 0 Å². The topological polar surface area (TPSA) is 75.3 Å². The van der Waals surface area contributed by atoms with Gasteiger partial charge in [0, 0.05) is 29.3 Å². The van der Waals surface area contributed by atoms with Crippen molar-refractivity contribution in [1.29, 1.82) is 0 Å². The predicted molar refractivity (Wildman–Crippen MR) is 115 cm³/mol. The normalized spacial score (nSPS) is 13.8. The lowest BCUT2D eigenvalue weighted by atomic mass is 9.92. The Morgan fingerprint density at radius 3 is 2.07 bits per heavy atom. The standard InChI is InChI=1S/C25H20N2O3/c28-23-16-21(24(29)20-14-8-7-13-19(20)23)27-22(15-17-9-3-1-4-10-17)25(30)26-18-11-5-2-6-12-18/h1-14,16,22,27H,15H2,(H,26,30)/t22-/m1/s1. The maximum absolute atomic E-state index is 13.0. The van der Waals surface area contributed by atoms with Crippen LogP contribution in [0.2, 0.25) is 0 Å². The third-order valence-corrected chi connectivity index (χ3v) is 4.93. The average Bonchev–Trinajstić information content (AvgIpc) is 2.78. The average molecular weight is 396 g/mol. The molecule has 0 spiro atoms. The fraction of sp³-hybridized carbons (Fsp3) is 0.0800. The summed E-state index contributed by atoms with van der Waals surface area (Å²) in [4.78, 5) is 38.4. The Labute approximate surface area is 174 Å². The van der Waals surface area contributed by atoms with Gasteiger partial charge in [0.2, 0.25) is 11.7 Å². The van der Waals surface area contributed by atoms with Gasteiger partial charge in [0.25, 0.3) is 0 Å². The van der Waals surface area contributed by atoms with Crippen LogP contribution in [0, 0.1) is 0 Å². The first-order valence-corrected chi connectivity index (χ1v) is 9.68. The van der Waals surface area contributed by atoms with Gasteiger partial charge in [-0.05, 0) is 17.7 Å². The summed E-state index contributed by atoms with van der Waals surface area (Å²) < 4.78 is 0. The highest BCUT2D eigenvalue weighted by molar-refractivity contribution is 6.24. The zero-order valence-electron chi connectivity index (χ0n) is 16.2. The molecular weight excluding hydrogens is 376 g/mol. The second-order valence-electron chi connectivity index (χ2n) is 7.04. The highest BCUT2D eigenvalue weighted by atomic mass is 16.2. The maximum atomic E-state index is 13.0. The number of hydrogen-bond acceptors (Lipinski definition) is 4. The number of rotatable bonds is 6. The number of benzene rings is 3. The lowest BCUT2D eigenvalue weighted by Crippen LogP contribution is -2.44. The largest absolute Gasteiger partial charge is 0.370 e. The number of ketones is 2. The molecule has 0 saturated heterocycles. The van der Waals surface area contributed by atoms with E-state index in [0.717, 1.165) is 5.56 Å². The lowest BCUT2D eigenvalue weighted by Gasteiger charge is -2.23. The predicted octanol–water partition coefficient (Wildman–Crippen LogP) is 3.79. The second kappa shape index (κ2) is 8.57. The molecule has 5 nitrogen and oxygen atoms in total. The van der Waals surface area contributed by atoms with Gasteiger partial charge >= 0.3 is 0 Å². The van der Waals surface area contributed by atoms with E-state index in [9.17, 15) is 14.4 Å². The summed E-state index contributed by atoms with van der Waals surface area (Å²) in [5.74, 6) is -0.838. The molecule has 1 aliphatic rings. The minimum absolute atomic E-state index is 0.128. The van der Waals surface area contributed by atoms with Crippen LogP contribution in [-0.2, 0) is 11.2 Å². The van der Waals surface area contributed by atoms with Gasteiger partial charge in [-0.2, -0.15) is 0 Å². The van der Waals surface area contributed by atoms with E-state index >= 15 is 0 Å². The monoisotopic (exact) mass is 396 g/mol. The number of para-hydroxylation sites is 1. The first-order valence-electron chi connectivity index (χ1n) is 9.68. The molecule has 0 aliphatic heterocycles. The van der Waals surface area contributed by atoms with Gasteiger partial charge in [-0.1, -0.05) is 72.8 Å². The van der Waals surface area contributed by atoms with Gasteiger partial charge in [0.15, 0.2) is 5.78 Å². The van der Waals surface area contributed by atoms with Crippen molar-refractivity contribution in [1.82, 2.24) is 5.32 Å². The van der Waals surface area contributed by atoms with Crippen LogP contribution in [0.1, 0.15) is 26.3 Å². The van der Waals surface area contributed by atoms with Gasteiger partial charge in [-0.3, -0.25) is 14.4 Å². The molecule has 0 bridgehead atoms. The minimum Gasteiger partial charge on any atom is -0.370 e.